The van der Waals surface area contributed by atoms with Gasteiger partial charge in [0.25, 0.3) is 0 Å². The zero-order valence-corrected chi connectivity index (χ0v) is 13.2. The molecular formula is C16H17ClN4O. The van der Waals surface area contributed by atoms with Gasteiger partial charge in [-0.15, -0.1) is 0 Å². The number of hydrogen-bond donors (Lipinski definition) is 2. The average molecular weight is 317 g/mol. The quantitative estimate of drug-likeness (QED) is 0.776. The van der Waals surface area contributed by atoms with Crippen LogP contribution in [0.4, 0.5) is 5.69 Å². The zero-order valence-electron chi connectivity index (χ0n) is 12.5. The maximum absolute atomic E-state index is 9.22. The van der Waals surface area contributed by atoms with Crippen molar-refractivity contribution in [2.24, 2.45) is 0 Å². The predicted octanol–water partition coefficient (Wildman–Crippen LogP) is 3.10. The van der Waals surface area contributed by atoms with Crippen molar-refractivity contribution in [3.8, 4) is 0 Å². The molecule has 6 heteroatoms. The molecule has 0 saturated heterocycles. The van der Waals surface area contributed by atoms with Crippen molar-refractivity contribution >= 4 is 23.1 Å². The highest BCUT2D eigenvalue weighted by molar-refractivity contribution is 6.33. The first-order valence-corrected chi connectivity index (χ1v) is 7.40. The molecule has 3 rings (SSSR count). The van der Waals surface area contributed by atoms with Gasteiger partial charge in [-0.2, -0.15) is 0 Å². The van der Waals surface area contributed by atoms with Gasteiger partial charge in [0, 0.05) is 11.4 Å². The number of anilines is 1. The van der Waals surface area contributed by atoms with Crippen molar-refractivity contribution in [1.29, 1.82) is 0 Å². The number of rotatable bonds is 4. The molecule has 3 aromatic rings. The SMILES string of the molecule is Cc1cc(C)n2c(CNc3cc(CO)ccc3Cl)cnc2n1. The van der Waals surface area contributed by atoms with E-state index >= 15 is 0 Å². The number of imidazole rings is 1. The Morgan fingerprint density at radius 3 is 2.86 bits per heavy atom. The topological polar surface area (TPSA) is 62.5 Å². The first-order valence-electron chi connectivity index (χ1n) is 7.02. The molecule has 0 amide bonds. The van der Waals surface area contributed by atoms with Crippen molar-refractivity contribution in [2.75, 3.05) is 5.32 Å². The van der Waals surface area contributed by atoms with Crippen LogP contribution in [0.2, 0.25) is 5.02 Å². The van der Waals surface area contributed by atoms with Crippen LogP contribution in [0.1, 0.15) is 22.6 Å². The smallest absolute Gasteiger partial charge is 0.234 e. The number of aryl methyl sites for hydroxylation is 2. The highest BCUT2D eigenvalue weighted by atomic mass is 35.5. The number of fused-ring (bicyclic) bond motifs is 1. The highest BCUT2D eigenvalue weighted by Gasteiger charge is 2.08. The Morgan fingerprint density at radius 2 is 2.09 bits per heavy atom. The summed E-state index contributed by atoms with van der Waals surface area (Å²) >= 11 is 6.18. The molecule has 1 aromatic carbocycles. The molecule has 114 valence electrons. The minimum atomic E-state index is -0.0102. The molecule has 2 aromatic heterocycles. The number of aromatic nitrogens is 3. The Balaban J connectivity index is 1.88. The molecule has 0 unspecified atom stereocenters. The molecule has 0 radical (unpaired) electrons. The predicted molar refractivity (Wildman–Crippen MR) is 87.2 cm³/mol. The normalized spacial score (nSPS) is 11.1. The second-order valence-electron chi connectivity index (χ2n) is 5.25. The van der Waals surface area contributed by atoms with E-state index in [1.807, 2.05) is 36.6 Å². The summed E-state index contributed by atoms with van der Waals surface area (Å²) in [4.78, 5) is 8.77. The number of nitrogens with zero attached hydrogens (tertiary/aromatic N) is 3. The van der Waals surface area contributed by atoms with Crippen LogP contribution in [0.5, 0.6) is 0 Å². The summed E-state index contributed by atoms with van der Waals surface area (Å²) in [5, 5.41) is 13.1. The lowest BCUT2D eigenvalue weighted by molar-refractivity contribution is 0.282. The van der Waals surface area contributed by atoms with Crippen LogP contribution in [-0.2, 0) is 13.2 Å². The number of nitrogens with one attached hydrogen (secondary N) is 1. The second-order valence-corrected chi connectivity index (χ2v) is 5.66. The standard InChI is InChI=1S/C16H17ClN4O/c1-10-5-11(2)21-13(8-19-16(21)20-10)7-18-15-6-12(9-22)3-4-14(15)17/h3-6,8,18,22H,7,9H2,1-2H3. The maximum atomic E-state index is 9.22. The third-order valence-electron chi connectivity index (χ3n) is 3.54. The monoisotopic (exact) mass is 316 g/mol. The van der Waals surface area contributed by atoms with E-state index in [1.54, 1.807) is 12.1 Å². The third kappa shape index (κ3) is 2.77. The minimum Gasteiger partial charge on any atom is -0.392 e. The molecule has 0 aliphatic rings. The van der Waals surface area contributed by atoms with Gasteiger partial charge in [0.1, 0.15) is 0 Å². The summed E-state index contributed by atoms with van der Waals surface area (Å²) in [6.07, 6.45) is 1.81. The van der Waals surface area contributed by atoms with Gasteiger partial charge in [-0.1, -0.05) is 17.7 Å². The van der Waals surface area contributed by atoms with E-state index in [0.29, 0.717) is 17.3 Å². The summed E-state index contributed by atoms with van der Waals surface area (Å²) < 4.78 is 2.02. The summed E-state index contributed by atoms with van der Waals surface area (Å²) in [6, 6.07) is 7.46. The summed E-state index contributed by atoms with van der Waals surface area (Å²) in [6.45, 7) is 4.55. The van der Waals surface area contributed by atoms with Crippen molar-refractivity contribution < 1.29 is 5.11 Å². The van der Waals surface area contributed by atoms with Gasteiger partial charge in [-0.05, 0) is 37.6 Å². The molecule has 5 nitrogen and oxygen atoms in total. The largest absolute Gasteiger partial charge is 0.392 e. The highest BCUT2D eigenvalue weighted by Crippen LogP contribution is 2.24. The number of hydrogen-bond acceptors (Lipinski definition) is 4. The molecule has 0 spiro atoms. The van der Waals surface area contributed by atoms with Gasteiger partial charge in [-0.3, -0.25) is 4.40 Å². The van der Waals surface area contributed by atoms with Crippen LogP contribution in [-0.4, -0.2) is 19.5 Å². The third-order valence-corrected chi connectivity index (χ3v) is 3.87. The van der Waals surface area contributed by atoms with Gasteiger partial charge in [-0.25, -0.2) is 9.97 Å². The van der Waals surface area contributed by atoms with Gasteiger partial charge >= 0.3 is 0 Å². The molecular weight excluding hydrogens is 300 g/mol. The lowest BCUT2D eigenvalue weighted by Crippen LogP contribution is -2.06. The van der Waals surface area contributed by atoms with Gasteiger partial charge < -0.3 is 10.4 Å². The lowest BCUT2D eigenvalue weighted by atomic mass is 10.2. The first-order chi connectivity index (χ1) is 10.6. The first kappa shape index (κ1) is 14.8. The molecule has 0 bridgehead atoms. The van der Waals surface area contributed by atoms with E-state index in [2.05, 4.69) is 15.3 Å². The molecule has 0 fully saturated rings. The van der Waals surface area contributed by atoms with E-state index in [-0.39, 0.29) is 6.61 Å². The molecule has 22 heavy (non-hydrogen) atoms. The van der Waals surface area contributed by atoms with Crippen LogP contribution in [0.3, 0.4) is 0 Å². The molecule has 2 N–H and O–H groups in total. The Bertz CT molecular complexity index is 828. The van der Waals surface area contributed by atoms with Crippen LogP contribution < -0.4 is 5.32 Å². The average Bonchev–Trinajstić information content (AvgIpc) is 2.89. The van der Waals surface area contributed by atoms with Crippen molar-refractivity contribution in [2.45, 2.75) is 27.0 Å². The minimum absolute atomic E-state index is 0.0102. The van der Waals surface area contributed by atoms with Gasteiger partial charge in [0.05, 0.1) is 35.8 Å². The summed E-state index contributed by atoms with van der Waals surface area (Å²) in [5.41, 5.74) is 4.66. The van der Waals surface area contributed by atoms with Crippen LogP contribution in [0.15, 0.2) is 30.5 Å². The number of halogens is 1. The van der Waals surface area contributed by atoms with E-state index in [0.717, 1.165) is 28.3 Å². The fourth-order valence-corrected chi connectivity index (χ4v) is 2.70. The Labute approximate surface area is 133 Å². The molecule has 0 aliphatic carbocycles. The van der Waals surface area contributed by atoms with E-state index in [9.17, 15) is 5.11 Å². The van der Waals surface area contributed by atoms with E-state index in [4.69, 9.17) is 11.6 Å². The van der Waals surface area contributed by atoms with E-state index in [1.165, 1.54) is 0 Å². The molecule has 0 atom stereocenters. The molecule has 2 heterocycles. The number of aliphatic hydroxyl groups excluding tert-OH is 1. The Morgan fingerprint density at radius 1 is 1.27 bits per heavy atom. The Kier molecular flexibility index (Phi) is 4.00. The number of benzene rings is 1. The van der Waals surface area contributed by atoms with Crippen LogP contribution in [0.25, 0.3) is 5.78 Å². The fourth-order valence-electron chi connectivity index (χ4n) is 2.51. The van der Waals surface area contributed by atoms with Gasteiger partial charge in [0.15, 0.2) is 0 Å². The zero-order chi connectivity index (χ0) is 15.7. The van der Waals surface area contributed by atoms with Crippen molar-refractivity contribution in [3.63, 3.8) is 0 Å². The second kappa shape index (κ2) is 5.94. The molecule has 0 saturated carbocycles. The van der Waals surface area contributed by atoms with Gasteiger partial charge in [0.2, 0.25) is 5.78 Å². The summed E-state index contributed by atoms with van der Waals surface area (Å²) in [5.74, 6) is 0.699. The fraction of sp³-hybridized carbons (Fsp3) is 0.250. The van der Waals surface area contributed by atoms with E-state index < -0.39 is 0 Å². The van der Waals surface area contributed by atoms with Crippen LogP contribution in [0, 0.1) is 13.8 Å². The Hall–Kier alpha value is -2.11. The van der Waals surface area contributed by atoms with Crippen LogP contribution >= 0.6 is 11.6 Å². The van der Waals surface area contributed by atoms with Crippen molar-refractivity contribution in [1.82, 2.24) is 14.4 Å². The maximum Gasteiger partial charge on any atom is 0.234 e. The number of aliphatic hydroxyl groups is 1. The van der Waals surface area contributed by atoms with Crippen molar-refractivity contribution in [3.05, 3.63) is 58.1 Å². The summed E-state index contributed by atoms with van der Waals surface area (Å²) in [7, 11) is 0. The lowest BCUT2D eigenvalue weighted by Gasteiger charge is -2.11. The molecule has 0 aliphatic heterocycles.